The fourth-order valence-corrected chi connectivity index (χ4v) is 2.50. The summed E-state index contributed by atoms with van der Waals surface area (Å²) in [6.45, 7) is 1.89. The van der Waals surface area contributed by atoms with Crippen LogP contribution in [0.4, 0.5) is 0 Å². The molecule has 0 unspecified atom stereocenters. The molecule has 3 rings (SSSR count). The molecule has 1 aliphatic carbocycles. The minimum absolute atomic E-state index is 0.220. The molecule has 0 aromatic heterocycles. The third kappa shape index (κ3) is 1.80. The summed E-state index contributed by atoms with van der Waals surface area (Å²) in [5.74, 6) is -0.220. The van der Waals surface area contributed by atoms with E-state index < -0.39 is 0 Å². The van der Waals surface area contributed by atoms with Crippen LogP contribution in [0, 0.1) is 0 Å². The van der Waals surface area contributed by atoms with E-state index in [1.54, 1.807) is 0 Å². The van der Waals surface area contributed by atoms with Crippen LogP contribution >= 0.6 is 0 Å². The molecular weight excluding hydrogens is 224 g/mol. The highest BCUT2D eigenvalue weighted by Crippen LogP contribution is 2.33. The van der Waals surface area contributed by atoms with Gasteiger partial charge in [-0.2, -0.15) is 0 Å². The Morgan fingerprint density at radius 1 is 1.11 bits per heavy atom. The maximum Gasteiger partial charge on any atom is 0.302 e. The number of benzene rings is 2. The molecule has 0 saturated heterocycles. The van der Waals surface area contributed by atoms with E-state index in [2.05, 4.69) is 42.5 Å². The van der Waals surface area contributed by atoms with Crippen LogP contribution in [0.3, 0.4) is 0 Å². The van der Waals surface area contributed by atoms with Gasteiger partial charge in [-0.1, -0.05) is 42.5 Å². The van der Waals surface area contributed by atoms with Crippen LogP contribution in [0.5, 0.6) is 0 Å². The lowest BCUT2D eigenvalue weighted by molar-refractivity contribution is -0.140. The molecule has 0 N–H and O–H groups in total. The van der Waals surface area contributed by atoms with Gasteiger partial charge in [0.15, 0.2) is 0 Å². The zero-order valence-corrected chi connectivity index (χ0v) is 10.3. The Balaban J connectivity index is 1.98. The lowest BCUT2D eigenvalue weighted by Crippen LogP contribution is -2.03. The zero-order chi connectivity index (χ0) is 12.5. The number of hydrogen-bond donors (Lipinski definition) is 0. The molecule has 0 radical (unpaired) electrons. The fourth-order valence-electron chi connectivity index (χ4n) is 2.50. The first kappa shape index (κ1) is 11.0. The second kappa shape index (κ2) is 4.30. The van der Waals surface area contributed by atoms with Crippen molar-refractivity contribution in [3.63, 3.8) is 0 Å². The Hall–Kier alpha value is -2.09. The van der Waals surface area contributed by atoms with E-state index in [4.69, 9.17) is 4.74 Å². The number of hydrogen-bond acceptors (Lipinski definition) is 2. The van der Waals surface area contributed by atoms with E-state index in [0.717, 1.165) is 6.42 Å². The number of carbonyl (C=O) groups is 1. The average molecular weight is 238 g/mol. The van der Waals surface area contributed by atoms with Gasteiger partial charge in [0.25, 0.3) is 0 Å². The van der Waals surface area contributed by atoms with Crippen LogP contribution in [-0.4, -0.2) is 12.6 Å². The molecule has 2 nitrogen and oxygen atoms in total. The topological polar surface area (TPSA) is 26.3 Å². The van der Waals surface area contributed by atoms with Gasteiger partial charge in [-0.15, -0.1) is 0 Å². The normalized spacial score (nSPS) is 12.1. The molecule has 2 aromatic rings. The Bertz CT molecular complexity index is 641. The summed E-state index contributed by atoms with van der Waals surface area (Å²) in [6, 6.07) is 10.6. The number of rotatable bonds is 3. The monoisotopic (exact) mass is 238 g/mol. The van der Waals surface area contributed by atoms with Crippen molar-refractivity contribution in [2.75, 3.05) is 6.61 Å². The van der Waals surface area contributed by atoms with Gasteiger partial charge in [0, 0.05) is 13.3 Å². The van der Waals surface area contributed by atoms with Crippen LogP contribution in [0.25, 0.3) is 22.9 Å². The molecule has 0 spiro atoms. The van der Waals surface area contributed by atoms with Crippen molar-refractivity contribution >= 4 is 28.9 Å². The van der Waals surface area contributed by atoms with Crippen molar-refractivity contribution in [2.24, 2.45) is 0 Å². The highest BCUT2D eigenvalue weighted by molar-refractivity contribution is 6.05. The van der Waals surface area contributed by atoms with Crippen LogP contribution in [-0.2, 0) is 16.0 Å². The van der Waals surface area contributed by atoms with Gasteiger partial charge in [0.05, 0.1) is 6.61 Å². The number of ether oxygens (including phenoxy) is 1. The van der Waals surface area contributed by atoms with Gasteiger partial charge in [-0.25, -0.2) is 0 Å². The molecule has 0 atom stereocenters. The first-order valence-corrected chi connectivity index (χ1v) is 6.12. The molecule has 18 heavy (non-hydrogen) atoms. The predicted molar refractivity (Wildman–Crippen MR) is 73.2 cm³/mol. The van der Waals surface area contributed by atoms with Crippen LogP contribution < -0.4 is 0 Å². The van der Waals surface area contributed by atoms with Crippen molar-refractivity contribution in [2.45, 2.75) is 13.3 Å². The minimum atomic E-state index is -0.220. The summed E-state index contributed by atoms with van der Waals surface area (Å²) in [5, 5.41) is 2.58. The van der Waals surface area contributed by atoms with Crippen molar-refractivity contribution in [3.05, 3.63) is 47.0 Å². The summed E-state index contributed by atoms with van der Waals surface area (Å²) in [5.41, 5.74) is 3.79. The Morgan fingerprint density at radius 3 is 2.67 bits per heavy atom. The predicted octanol–water partition coefficient (Wildman–Crippen LogP) is 3.43. The first-order chi connectivity index (χ1) is 8.75. The summed E-state index contributed by atoms with van der Waals surface area (Å²) in [4.78, 5) is 10.8. The van der Waals surface area contributed by atoms with Crippen LogP contribution in [0.2, 0.25) is 0 Å². The van der Waals surface area contributed by atoms with Gasteiger partial charge in [0.2, 0.25) is 0 Å². The van der Waals surface area contributed by atoms with E-state index in [1.807, 2.05) is 0 Å². The molecule has 0 heterocycles. The molecule has 0 bridgehead atoms. The smallest absolute Gasteiger partial charge is 0.302 e. The second-order valence-corrected chi connectivity index (χ2v) is 4.51. The Morgan fingerprint density at radius 2 is 1.89 bits per heavy atom. The minimum Gasteiger partial charge on any atom is -0.466 e. The third-order valence-corrected chi connectivity index (χ3v) is 3.31. The van der Waals surface area contributed by atoms with Crippen LogP contribution in [0.15, 0.2) is 30.3 Å². The summed E-state index contributed by atoms with van der Waals surface area (Å²) < 4.78 is 5.02. The molecule has 0 amide bonds. The Labute approximate surface area is 106 Å². The second-order valence-electron chi connectivity index (χ2n) is 4.51. The van der Waals surface area contributed by atoms with Gasteiger partial charge in [-0.05, 0) is 27.5 Å². The summed E-state index contributed by atoms with van der Waals surface area (Å²) in [6.07, 6.45) is 5.06. The quantitative estimate of drug-likeness (QED) is 0.653. The van der Waals surface area contributed by atoms with Crippen molar-refractivity contribution in [3.8, 4) is 0 Å². The molecule has 0 aliphatic heterocycles. The molecule has 2 aromatic carbocycles. The van der Waals surface area contributed by atoms with Gasteiger partial charge in [-0.3, -0.25) is 4.79 Å². The first-order valence-electron chi connectivity index (χ1n) is 6.12. The number of carbonyl (C=O) groups excluding carboxylic acids is 1. The molecule has 0 fully saturated rings. The van der Waals surface area contributed by atoms with Crippen LogP contribution in [0.1, 0.15) is 23.6 Å². The van der Waals surface area contributed by atoms with Crippen molar-refractivity contribution < 1.29 is 9.53 Å². The maximum atomic E-state index is 10.8. The van der Waals surface area contributed by atoms with E-state index in [-0.39, 0.29) is 5.97 Å². The maximum absolute atomic E-state index is 10.8. The lowest BCUT2D eigenvalue weighted by atomic mass is 9.98. The average Bonchev–Trinajstić information content (AvgIpc) is 2.77. The fraction of sp³-hybridized carbons (Fsp3) is 0.188. The van der Waals surface area contributed by atoms with Crippen molar-refractivity contribution in [1.82, 2.24) is 0 Å². The molecule has 2 heteroatoms. The van der Waals surface area contributed by atoms with Gasteiger partial charge >= 0.3 is 5.97 Å². The van der Waals surface area contributed by atoms with E-state index in [9.17, 15) is 4.79 Å². The summed E-state index contributed by atoms with van der Waals surface area (Å²) in [7, 11) is 0. The lowest BCUT2D eigenvalue weighted by Gasteiger charge is -2.09. The molecule has 0 saturated carbocycles. The van der Waals surface area contributed by atoms with Gasteiger partial charge in [0.1, 0.15) is 0 Å². The van der Waals surface area contributed by atoms with E-state index in [1.165, 1.54) is 34.4 Å². The molecular formula is C16H14O2. The summed E-state index contributed by atoms with van der Waals surface area (Å²) >= 11 is 0. The van der Waals surface area contributed by atoms with Gasteiger partial charge < -0.3 is 4.74 Å². The third-order valence-electron chi connectivity index (χ3n) is 3.31. The number of esters is 1. The van der Waals surface area contributed by atoms with E-state index in [0.29, 0.717) is 6.61 Å². The standard InChI is InChI=1S/C16H14O2/c1-11(17)18-10-9-12-5-6-14-8-7-13-3-2-4-15(12)16(13)14/h2-8H,9-10H2,1H3. The highest BCUT2D eigenvalue weighted by Gasteiger charge is 2.11. The zero-order valence-electron chi connectivity index (χ0n) is 10.3. The molecule has 1 aliphatic rings. The largest absolute Gasteiger partial charge is 0.466 e. The van der Waals surface area contributed by atoms with E-state index >= 15 is 0 Å². The molecule has 90 valence electrons. The van der Waals surface area contributed by atoms with Crippen molar-refractivity contribution in [1.29, 1.82) is 0 Å². The Kier molecular flexibility index (Phi) is 2.63. The highest BCUT2D eigenvalue weighted by atomic mass is 16.5. The SMILES string of the molecule is CC(=O)OCCc1ccc2c3c(cccc13)C=C2.